The van der Waals surface area contributed by atoms with Gasteiger partial charge in [-0.2, -0.15) is 0 Å². The number of nitrogens with one attached hydrogen (secondary N) is 1. The van der Waals surface area contributed by atoms with Gasteiger partial charge in [0.15, 0.2) is 0 Å². The Bertz CT molecular complexity index is 1090. The Labute approximate surface area is 168 Å². The molecule has 1 N–H and O–H groups in total. The summed E-state index contributed by atoms with van der Waals surface area (Å²) in [5.74, 6) is -0.571. The van der Waals surface area contributed by atoms with Gasteiger partial charge < -0.3 is 5.32 Å². The predicted octanol–water partition coefficient (Wildman–Crippen LogP) is 3.09. The Kier molecular flexibility index (Phi) is 5.12. The molecule has 0 saturated carbocycles. The van der Waals surface area contributed by atoms with Crippen molar-refractivity contribution < 1.29 is 9.18 Å². The van der Waals surface area contributed by atoms with Crippen molar-refractivity contribution in [3.05, 3.63) is 88.5 Å². The first-order valence-electron chi connectivity index (χ1n) is 9.36. The summed E-state index contributed by atoms with van der Waals surface area (Å²) in [5, 5.41) is 2.87. The summed E-state index contributed by atoms with van der Waals surface area (Å²) in [6, 6.07) is 8.44. The van der Waals surface area contributed by atoms with Gasteiger partial charge in [-0.25, -0.2) is 4.39 Å². The fourth-order valence-electron chi connectivity index (χ4n) is 3.35. The van der Waals surface area contributed by atoms with Crippen LogP contribution < -0.4 is 5.32 Å². The molecule has 0 radical (unpaired) electrons. The number of fused-ring (bicyclic) bond motifs is 1. The maximum Gasteiger partial charge on any atom is 0.226 e. The highest BCUT2D eigenvalue weighted by atomic mass is 19.1. The van der Waals surface area contributed by atoms with Crippen LogP contribution in [0.5, 0.6) is 0 Å². The lowest BCUT2D eigenvalue weighted by molar-refractivity contribution is -0.121. The van der Waals surface area contributed by atoms with E-state index in [1.54, 1.807) is 18.5 Å². The van der Waals surface area contributed by atoms with Gasteiger partial charge in [0.2, 0.25) is 5.91 Å². The molecule has 0 fully saturated rings. The van der Waals surface area contributed by atoms with Crippen LogP contribution in [-0.4, -0.2) is 26.6 Å². The minimum atomic E-state index is -0.405. The zero-order valence-electron chi connectivity index (χ0n) is 16.2. The molecule has 3 aromatic rings. The molecule has 6 nitrogen and oxygen atoms in total. The van der Waals surface area contributed by atoms with Crippen LogP contribution in [0.15, 0.2) is 53.9 Å². The molecule has 0 saturated heterocycles. The first-order valence-corrected chi connectivity index (χ1v) is 9.36. The van der Waals surface area contributed by atoms with Crippen molar-refractivity contribution in [3.63, 3.8) is 0 Å². The highest BCUT2D eigenvalue weighted by Gasteiger charge is 2.20. The summed E-state index contributed by atoms with van der Waals surface area (Å²) in [4.78, 5) is 29.7. The lowest BCUT2D eigenvalue weighted by atomic mass is 10.0. The second kappa shape index (κ2) is 7.87. The molecule has 0 unspecified atom stereocenters. The van der Waals surface area contributed by atoms with E-state index in [1.807, 2.05) is 32.0 Å². The Hall–Kier alpha value is -3.48. The van der Waals surface area contributed by atoms with Crippen LogP contribution in [0.1, 0.15) is 46.7 Å². The third-order valence-corrected chi connectivity index (χ3v) is 4.79. The minimum absolute atomic E-state index is 0.155. The number of pyridine rings is 3. The number of aliphatic imine (C=N–C) groups is 1. The van der Waals surface area contributed by atoms with E-state index in [-0.39, 0.29) is 18.4 Å². The fraction of sp³-hybridized carbons (Fsp3) is 0.227. The molecule has 0 bridgehead atoms. The largest absolute Gasteiger partial charge is 0.348 e. The van der Waals surface area contributed by atoms with E-state index in [9.17, 15) is 9.18 Å². The zero-order chi connectivity index (χ0) is 20.4. The summed E-state index contributed by atoms with van der Waals surface area (Å²) in [6.07, 6.45) is 4.85. The standard InChI is InChI=1S/C22H20FN5O/c1-13-7-15(5-6-24-13)22-19-12-25-18(8-16(19)10-27-22)9-21(29)28-14(2)20-4-3-17(23)11-26-20/h3-8,11-12,14H,9-10H2,1-2H3,(H,28,29)/t14-/m1/s1. The molecule has 0 spiro atoms. The Morgan fingerprint density at radius 3 is 2.79 bits per heavy atom. The normalized spacial score (nSPS) is 13.6. The predicted molar refractivity (Wildman–Crippen MR) is 107 cm³/mol. The lowest BCUT2D eigenvalue weighted by Gasteiger charge is -2.13. The number of halogens is 1. The van der Waals surface area contributed by atoms with Crippen molar-refractivity contribution in [3.8, 4) is 0 Å². The van der Waals surface area contributed by atoms with Crippen molar-refractivity contribution in [2.24, 2.45) is 4.99 Å². The average Bonchev–Trinajstić information content (AvgIpc) is 3.11. The van der Waals surface area contributed by atoms with Crippen molar-refractivity contribution in [2.45, 2.75) is 32.9 Å². The summed E-state index contributed by atoms with van der Waals surface area (Å²) in [6.45, 7) is 4.33. The van der Waals surface area contributed by atoms with E-state index in [0.29, 0.717) is 17.9 Å². The molecular formula is C22H20FN5O. The van der Waals surface area contributed by atoms with E-state index < -0.39 is 5.82 Å². The summed E-state index contributed by atoms with van der Waals surface area (Å²) < 4.78 is 13.0. The maximum atomic E-state index is 13.0. The molecule has 1 aliphatic heterocycles. The lowest BCUT2D eigenvalue weighted by Crippen LogP contribution is -2.29. The monoisotopic (exact) mass is 389 g/mol. The SMILES string of the molecule is Cc1cc(C2=NCc3cc(CC(=O)N[C@H](C)c4ccc(F)cn4)ncc32)ccn1. The van der Waals surface area contributed by atoms with Crippen LogP contribution in [0, 0.1) is 12.7 Å². The molecule has 29 heavy (non-hydrogen) atoms. The van der Waals surface area contributed by atoms with Crippen molar-refractivity contribution in [2.75, 3.05) is 0 Å². The minimum Gasteiger partial charge on any atom is -0.348 e. The Morgan fingerprint density at radius 2 is 2.03 bits per heavy atom. The molecular weight excluding hydrogens is 369 g/mol. The summed E-state index contributed by atoms with van der Waals surface area (Å²) in [7, 11) is 0. The van der Waals surface area contributed by atoms with Gasteiger partial charge >= 0.3 is 0 Å². The quantitative estimate of drug-likeness (QED) is 0.727. The zero-order valence-corrected chi connectivity index (χ0v) is 16.2. The second-order valence-electron chi connectivity index (χ2n) is 7.05. The topological polar surface area (TPSA) is 80.1 Å². The van der Waals surface area contributed by atoms with Crippen molar-refractivity contribution in [1.82, 2.24) is 20.3 Å². The van der Waals surface area contributed by atoms with Gasteiger partial charge in [-0.1, -0.05) is 0 Å². The molecule has 3 aromatic heterocycles. The first kappa shape index (κ1) is 18.9. The summed E-state index contributed by atoms with van der Waals surface area (Å²) in [5.41, 5.74) is 6.19. The van der Waals surface area contributed by atoms with Crippen LogP contribution in [0.25, 0.3) is 0 Å². The van der Waals surface area contributed by atoms with Crippen molar-refractivity contribution >= 4 is 11.6 Å². The average molecular weight is 389 g/mol. The highest BCUT2D eigenvalue weighted by molar-refractivity contribution is 6.15. The molecule has 0 aromatic carbocycles. The maximum absolute atomic E-state index is 13.0. The van der Waals surface area contributed by atoms with Crippen LogP contribution in [0.3, 0.4) is 0 Å². The molecule has 1 atom stereocenters. The number of nitrogens with zero attached hydrogens (tertiary/aromatic N) is 4. The molecule has 1 aliphatic rings. The number of rotatable bonds is 5. The molecule has 7 heteroatoms. The van der Waals surface area contributed by atoms with E-state index >= 15 is 0 Å². The number of aryl methyl sites for hydroxylation is 1. The molecule has 0 aliphatic carbocycles. The van der Waals surface area contributed by atoms with Gasteiger partial charge in [0, 0.05) is 29.2 Å². The third kappa shape index (κ3) is 4.18. The number of carbonyl (C=O) groups excluding carboxylic acids is 1. The number of hydrogen-bond acceptors (Lipinski definition) is 5. The number of hydrogen-bond donors (Lipinski definition) is 1. The van der Waals surface area contributed by atoms with E-state index in [2.05, 4.69) is 25.3 Å². The van der Waals surface area contributed by atoms with Crippen LogP contribution in [0.2, 0.25) is 0 Å². The van der Waals surface area contributed by atoms with Gasteiger partial charge in [0.1, 0.15) is 5.82 Å². The number of aromatic nitrogens is 3. The van der Waals surface area contributed by atoms with E-state index in [4.69, 9.17) is 0 Å². The van der Waals surface area contributed by atoms with Crippen LogP contribution in [0.4, 0.5) is 4.39 Å². The van der Waals surface area contributed by atoms with Gasteiger partial charge in [-0.15, -0.1) is 0 Å². The summed E-state index contributed by atoms with van der Waals surface area (Å²) >= 11 is 0. The van der Waals surface area contributed by atoms with Gasteiger partial charge in [-0.3, -0.25) is 24.7 Å². The number of carbonyl (C=O) groups is 1. The number of amides is 1. The Morgan fingerprint density at radius 1 is 1.17 bits per heavy atom. The van der Waals surface area contributed by atoms with Crippen LogP contribution in [-0.2, 0) is 17.8 Å². The van der Waals surface area contributed by atoms with E-state index in [1.165, 1.54) is 6.07 Å². The molecule has 1 amide bonds. The highest BCUT2D eigenvalue weighted by Crippen LogP contribution is 2.23. The molecule has 4 heterocycles. The van der Waals surface area contributed by atoms with Gasteiger partial charge in [0.05, 0.1) is 42.3 Å². The molecule has 4 rings (SSSR count). The van der Waals surface area contributed by atoms with E-state index in [0.717, 1.165) is 34.3 Å². The van der Waals surface area contributed by atoms with Crippen LogP contribution >= 0.6 is 0 Å². The second-order valence-corrected chi connectivity index (χ2v) is 7.05. The first-order chi connectivity index (χ1) is 14.0. The Balaban J connectivity index is 1.43. The van der Waals surface area contributed by atoms with Gasteiger partial charge in [-0.05, 0) is 49.7 Å². The van der Waals surface area contributed by atoms with Crippen molar-refractivity contribution in [1.29, 1.82) is 0 Å². The fourth-order valence-corrected chi connectivity index (χ4v) is 3.35. The van der Waals surface area contributed by atoms with Gasteiger partial charge in [0.25, 0.3) is 0 Å². The smallest absolute Gasteiger partial charge is 0.226 e. The third-order valence-electron chi connectivity index (χ3n) is 4.79. The molecule has 146 valence electrons.